The highest BCUT2D eigenvalue weighted by Gasteiger charge is 2.35. The van der Waals surface area contributed by atoms with Crippen molar-refractivity contribution in [3.05, 3.63) is 58.9 Å². The minimum absolute atomic E-state index is 0.0993. The van der Waals surface area contributed by atoms with Crippen LogP contribution in [0.25, 0.3) is 0 Å². The monoisotopic (exact) mass is 343 g/mol. The summed E-state index contributed by atoms with van der Waals surface area (Å²) in [5, 5.41) is 0. The van der Waals surface area contributed by atoms with Gasteiger partial charge in [-0.2, -0.15) is 0 Å². The first-order valence-corrected chi connectivity index (χ1v) is 8.16. The summed E-state index contributed by atoms with van der Waals surface area (Å²) in [6.07, 6.45) is 0. The lowest BCUT2D eigenvalue weighted by molar-refractivity contribution is 0.0681. The Morgan fingerprint density at radius 1 is 1.12 bits per heavy atom. The Hall–Kier alpha value is -2.56. The summed E-state index contributed by atoms with van der Waals surface area (Å²) in [6.45, 7) is 5.05. The van der Waals surface area contributed by atoms with Gasteiger partial charge in [0.15, 0.2) is 11.5 Å². The molecule has 4 nitrogen and oxygen atoms in total. The second kappa shape index (κ2) is 6.39. The molecule has 1 heterocycles. The van der Waals surface area contributed by atoms with E-state index in [4.69, 9.17) is 9.47 Å². The molecule has 132 valence electrons. The van der Waals surface area contributed by atoms with Gasteiger partial charge in [-0.05, 0) is 35.4 Å². The molecule has 25 heavy (non-hydrogen) atoms. The summed E-state index contributed by atoms with van der Waals surface area (Å²) in [5.74, 6) is 0.496. The van der Waals surface area contributed by atoms with Crippen LogP contribution in [0.1, 0.15) is 35.3 Å². The van der Waals surface area contributed by atoms with Gasteiger partial charge in [-0.15, -0.1) is 0 Å². The second-order valence-corrected chi connectivity index (χ2v) is 6.89. The van der Waals surface area contributed by atoms with E-state index < -0.39 is 5.82 Å². The molecule has 1 aliphatic heterocycles. The molecule has 2 aromatic rings. The predicted octanol–water partition coefficient (Wildman–Crippen LogP) is 3.78. The Balaban J connectivity index is 2.01. The van der Waals surface area contributed by atoms with Crippen LogP contribution >= 0.6 is 0 Å². The van der Waals surface area contributed by atoms with Gasteiger partial charge in [0.2, 0.25) is 0 Å². The molecule has 0 aromatic heterocycles. The minimum Gasteiger partial charge on any atom is -0.493 e. The van der Waals surface area contributed by atoms with Gasteiger partial charge in [0.25, 0.3) is 5.91 Å². The van der Waals surface area contributed by atoms with E-state index in [2.05, 4.69) is 13.8 Å². The standard InChI is InChI=1S/C20H22FNO3/c1-20(2)12-22(19(23)14-7-5-6-8-16(14)21)11-13-9-17(24-3)18(25-4)10-15(13)20/h5-10H,11-12H2,1-4H3. The highest BCUT2D eigenvalue weighted by atomic mass is 19.1. The second-order valence-electron chi connectivity index (χ2n) is 6.89. The number of fused-ring (bicyclic) bond motifs is 1. The number of hydrogen-bond donors (Lipinski definition) is 0. The van der Waals surface area contributed by atoms with E-state index >= 15 is 0 Å². The van der Waals surface area contributed by atoms with Crippen molar-refractivity contribution in [3.63, 3.8) is 0 Å². The topological polar surface area (TPSA) is 38.8 Å². The fraction of sp³-hybridized carbons (Fsp3) is 0.350. The molecule has 0 radical (unpaired) electrons. The first-order valence-electron chi connectivity index (χ1n) is 8.16. The molecule has 0 spiro atoms. The van der Waals surface area contributed by atoms with E-state index in [0.717, 1.165) is 11.1 Å². The summed E-state index contributed by atoms with van der Waals surface area (Å²) in [6, 6.07) is 9.96. The van der Waals surface area contributed by atoms with Gasteiger partial charge in [-0.1, -0.05) is 26.0 Å². The number of methoxy groups -OCH3 is 2. The average Bonchev–Trinajstić information content (AvgIpc) is 2.59. The van der Waals surface area contributed by atoms with Gasteiger partial charge in [-0.3, -0.25) is 4.79 Å². The molecule has 0 fully saturated rings. The zero-order valence-electron chi connectivity index (χ0n) is 14.9. The van der Waals surface area contributed by atoms with Crippen molar-refractivity contribution < 1.29 is 18.7 Å². The van der Waals surface area contributed by atoms with Crippen LogP contribution in [0, 0.1) is 5.82 Å². The molecule has 0 unspecified atom stereocenters. The molecule has 2 aromatic carbocycles. The van der Waals surface area contributed by atoms with Crippen LogP contribution in [-0.2, 0) is 12.0 Å². The molecule has 3 rings (SSSR count). The molecule has 0 bridgehead atoms. The number of hydrogen-bond acceptors (Lipinski definition) is 3. The predicted molar refractivity (Wildman–Crippen MR) is 93.7 cm³/mol. The first kappa shape index (κ1) is 17.3. The number of carbonyl (C=O) groups excluding carboxylic acids is 1. The number of rotatable bonds is 3. The summed E-state index contributed by atoms with van der Waals surface area (Å²) < 4.78 is 24.8. The fourth-order valence-corrected chi connectivity index (χ4v) is 3.45. The molecule has 0 aliphatic carbocycles. The van der Waals surface area contributed by atoms with Crippen molar-refractivity contribution in [1.29, 1.82) is 0 Å². The Morgan fingerprint density at radius 2 is 1.76 bits per heavy atom. The van der Waals surface area contributed by atoms with Crippen LogP contribution < -0.4 is 9.47 Å². The number of carbonyl (C=O) groups is 1. The quantitative estimate of drug-likeness (QED) is 0.851. The lowest BCUT2D eigenvalue weighted by Crippen LogP contribution is -2.45. The van der Waals surface area contributed by atoms with Crippen LogP contribution in [0.3, 0.4) is 0 Å². The van der Waals surface area contributed by atoms with E-state index in [1.54, 1.807) is 31.3 Å². The van der Waals surface area contributed by atoms with Gasteiger partial charge in [0, 0.05) is 18.5 Å². The van der Waals surface area contributed by atoms with Crippen molar-refractivity contribution >= 4 is 5.91 Å². The maximum absolute atomic E-state index is 14.0. The van der Waals surface area contributed by atoms with Crippen molar-refractivity contribution in [3.8, 4) is 11.5 Å². The minimum atomic E-state index is -0.497. The van der Waals surface area contributed by atoms with Crippen LogP contribution in [-0.4, -0.2) is 31.6 Å². The zero-order valence-corrected chi connectivity index (χ0v) is 14.9. The average molecular weight is 343 g/mol. The van der Waals surface area contributed by atoms with Gasteiger partial charge < -0.3 is 14.4 Å². The maximum atomic E-state index is 14.0. The Bertz CT molecular complexity index is 817. The third-order valence-electron chi connectivity index (χ3n) is 4.68. The highest BCUT2D eigenvalue weighted by Crippen LogP contribution is 2.40. The molecule has 1 aliphatic rings. The molecular weight excluding hydrogens is 321 g/mol. The first-order chi connectivity index (χ1) is 11.9. The Kier molecular flexibility index (Phi) is 4.41. The third kappa shape index (κ3) is 3.06. The van der Waals surface area contributed by atoms with E-state index in [9.17, 15) is 9.18 Å². The number of nitrogens with zero attached hydrogens (tertiary/aromatic N) is 1. The van der Waals surface area contributed by atoms with E-state index in [0.29, 0.717) is 24.6 Å². The molecule has 1 amide bonds. The lowest BCUT2D eigenvalue weighted by atomic mass is 9.78. The number of halogens is 1. The van der Waals surface area contributed by atoms with Crippen LogP contribution in [0.4, 0.5) is 4.39 Å². The van der Waals surface area contributed by atoms with Crippen molar-refractivity contribution in [2.45, 2.75) is 25.8 Å². The molecule has 0 saturated carbocycles. The van der Waals surface area contributed by atoms with Crippen LogP contribution in [0.2, 0.25) is 0 Å². The van der Waals surface area contributed by atoms with Gasteiger partial charge >= 0.3 is 0 Å². The Labute approximate surface area is 147 Å². The summed E-state index contributed by atoms with van der Waals surface area (Å²) in [5.41, 5.74) is 1.91. The lowest BCUT2D eigenvalue weighted by Gasteiger charge is -2.40. The molecular formula is C20H22FNO3. The molecule has 0 saturated heterocycles. The van der Waals surface area contributed by atoms with Crippen molar-refractivity contribution in [2.75, 3.05) is 20.8 Å². The number of ether oxygens (including phenoxy) is 2. The van der Waals surface area contributed by atoms with Gasteiger partial charge in [0.1, 0.15) is 5.82 Å². The molecule has 0 N–H and O–H groups in total. The maximum Gasteiger partial charge on any atom is 0.257 e. The summed E-state index contributed by atoms with van der Waals surface area (Å²) >= 11 is 0. The summed E-state index contributed by atoms with van der Waals surface area (Å²) in [7, 11) is 3.19. The van der Waals surface area contributed by atoms with Crippen molar-refractivity contribution in [1.82, 2.24) is 4.90 Å². The van der Waals surface area contributed by atoms with E-state index in [1.807, 2.05) is 12.1 Å². The van der Waals surface area contributed by atoms with Crippen LogP contribution in [0.5, 0.6) is 11.5 Å². The fourth-order valence-electron chi connectivity index (χ4n) is 3.45. The van der Waals surface area contributed by atoms with Gasteiger partial charge in [-0.25, -0.2) is 4.39 Å². The zero-order chi connectivity index (χ0) is 18.2. The van der Waals surface area contributed by atoms with Crippen molar-refractivity contribution in [2.24, 2.45) is 0 Å². The molecule has 5 heteroatoms. The third-order valence-corrected chi connectivity index (χ3v) is 4.68. The number of benzene rings is 2. The number of amides is 1. The normalized spacial score (nSPS) is 15.5. The SMILES string of the molecule is COc1cc2c(cc1OC)C(C)(C)CN(C(=O)c1ccccc1F)C2. The Morgan fingerprint density at radius 3 is 2.40 bits per heavy atom. The smallest absolute Gasteiger partial charge is 0.257 e. The highest BCUT2D eigenvalue weighted by molar-refractivity contribution is 5.94. The van der Waals surface area contributed by atoms with E-state index in [-0.39, 0.29) is 16.9 Å². The van der Waals surface area contributed by atoms with Gasteiger partial charge in [0.05, 0.1) is 19.8 Å². The molecule has 0 atom stereocenters. The summed E-state index contributed by atoms with van der Waals surface area (Å²) in [4.78, 5) is 14.5. The largest absolute Gasteiger partial charge is 0.493 e. The van der Waals surface area contributed by atoms with E-state index in [1.165, 1.54) is 12.1 Å². The van der Waals surface area contributed by atoms with Crippen LogP contribution in [0.15, 0.2) is 36.4 Å².